The van der Waals surface area contributed by atoms with Crippen molar-refractivity contribution in [2.45, 2.75) is 18.7 Å². The van der Waals surface area contributed by atoms with Crippen molar-refractivity contribution in [3.8, 4) is 0 Å². The summed E-state index contributed by atoms with van der Waals surface area (Å²) in [6, 6.07) is 24.7. The van der Waals surface area contributed by atoms with Gasteiger partial charge in [-0.15, -0.1) is 0 Å². The van der Waals surface area contributed by atoms with Crippen LogP contribution in [0.15, 0.2) is 95.5 Å². The van der Waals surface area contributed by atoms with Crippen LogP contribution in [0, 0.1) is 10.1 Å². The van der Waals surface area contributed by atoms with Gasteiger partial charge in [0.25, 0.3) is 0 Å². The second-order valence-electron chi connectivity index (χ2n) is 7.12. The van der Waals surface area contributed by atoms with Crippen LogP contribution in [-0.2, 0) is 11.3 Å². The van der Waals surface area contributed by atoms with Crippen molar-refractivity contribution >= 4 is 31.0 Å². The molecule has 0 aromatic heterocycles. The summed E-state index contributed by atoms with van der Waals surface area (Å²) in [5.41, 5.74) is 0.975. The van der Waals surface area contributed by atoms with Crippen LogP contribution < -0.4 is 4.46 Å². The van der Waals surface area contributed by atoms with Crippen LogP contribution in [-0.4, -0.2) is 41.8 Å². The minimum atomic E-state index is -1.21. The third kappa shape index (κ3) is 4.59. The fourth-order valence-electron chi connectivity index (χ4n) is 3.59. The summed E-state index contributed by atoms with van der Waals surface area (Å²) >= 11 is -0.232. The predicted octanol–water partition coefficient (Wildman–Crippen LogP) is 2.95. The number of para-hydroxylation sites is 1. The van der Waals surface area contributed by atoms with Gasteiger partial charge in [0.2, 0.25) is 0 Å². The van der Waals surface area contributed by atoms with Gasteiger partial charge in [-0.05, 0) is 0 Å². The summed E-state index contributed by atoms with van der Waals surface area (Å²) in [6.07, 6.45) is 0.568. The SMILES string of the molecule is O=C1C([Se]c2ccccc2)=C[C@H]([C@H](O)c2ccccc2[N+](=O)[O-])N1Cc1ccccc1. The van der Waals surface area contributed by atoms with Gasteiger partial charge in [-0.1, -0.05) is 0 Å². The van der Waals surface area contributed by atoms with E-state index in [-0.39, 0.29) is 32.1 Å². The molecule has 0 unspecified atom stereocenters. The number of amides is 1. The Morgan fingerprint density at radius 1 is 0.968 bits per heavy atom. The second-order valence-corrected chi connectivity index (χ2v) is 9.46. The normalized spacial score (nSPS) is 16.8. The molecule has 2 atom stereocenters. The number of hydrogen-bond donors (Lipinski definition) is 1. The number of aliphatic hydroxyl groups is 1. The molecule has 156 valence electrons. The van der Waals surface area contributed by atoms with Crippen LogP contribution in [0.4, 0.5) is 5.69 Å². The van der Waals surface area contributed by atoms with Crippen LogP contribution in [0.5, 0.6) is 0 Å². The van der Waals surface area contributed by atoms with Gasteiger partial charge < -0.3 is 0 Å². The molecule has 1 aliphatic rings. The van der Waals surface area contributed by atoms with Gasteiger partial charge in [0.05, 0.1) is 0 Å². The van der Waals surface area contributed by atoms with Crippen molar-refractivity contribution < 1.29 is 14.8 Å². The van der Waals surface area contributed by atoms with E-state index < -0.39 is 17.1 Å². The molecule has 1 N–H and O–H groups in total. The van der Waals surface area contributed by atoms with Gasteiger partial charge >= 0.3 is 186 Å². The molecule has 0 fully saturated rings. The molecule has 1 amide bonds. The van der Waals surface area contributed by atoms with Crippen molar-refractivity contribution in [1.82, 2.24) is 4.90 Å². The van der Waals surface area contributed by atoms with E-state index in [1.165, 1.54) is 6.07 Å². The van der Waals surface area contributed by atoms with Gasteiger partial charge in [0.1, 0.15) is 0 Å². The molecular formula is C24H20N2O4Se. The number of nitrogens with zero attached hydrogens (tertiary/aromatic N) is 2. The van der Waals surface area contributed by atoms with Crippen LogP contribution >= 0.6 is 0 Å². The molecular weight excluding hydrogens is 459 g/mol. The zero-order valence-corrected chi connectivity index (χ0v) is 18.2. The number of carbonyl (C=O) groups excluding carboxylic acids is 1. The first-order valence-corrected chi connectivity index (χ1v) is 11.5. The Hall–Kier alpha value is -3.25. The number of rotatable bonds is 7. The Labute approximate surface area is 186 Å². The van der Waals surface area contributed by atoms with Gasteiger partial charge in [0.15, 0.2) is 0 Å². The molecule has 1 heterocycles. The van der Waals surface area contributed by atoms with Gasteiger partial charge in [-0.2, -0.15) is 0 Å². The Morgan fingerprint density at radius 2 is 1.58 bits per heavy atom. The first-order valence-electron chi connectivity index (χ1n) is 9.75. The first-order chi connectivity index (χ1) is 15.0. The molecule has 4 rings (SSSR count). The maximum atomic E-state index is 13.3. The van der Waals surface area contributed by atoms with E-state index in [0.717, 1.165) is 10.0 Å². The average molecular weight is 479 g/mol. The van der Waals surface area contributed by atoms with Gasteiger partial charge in [-0.3, -0.25) is 0 Å². The Morgan fingerprint density at radius 3 is 2.26 bits per heavy atom. The van der Waals surface area contributed by atoms with E-state index in [1.54, 1.807) is 29.2 Å². The fourth-order valence-corrected chi connectivity index (χ4v) is 5.61. The van der Waals surface area contributed by atoms with E-state index in [2.05, 4.69) is 0 Å². The van der Waals surface area contributed by atoms with E-state index in [4.69, 9.17) is 0 Å². The van der Waals surface area contributed by atoms with Crippen LogP contribution in [0.1, 0.15) is 17.2 Å². The number of hydrogen-bond acceptors (Lipinski definition) is 4. The zero-order valence-electron chi connectivity index (χ0n) is 16.5. The number of nitro groups is 1. The van der Waals surface area contributed by atoms with Crippen molar-refractivity contribution in [3.05, 3.63) is 117 Å². The van der Waals surface area contributed by atoms with Crippen LogP contribution in [0.25, 0.3) is 0 Å². The number of carbonyl (C=O) groups is 1. The van der Waals surface area contributed by atoms with E-state index in [9.17, 15) is 20.0 Å². The Balaban J connectivity index is 1.69. The van der Waals surface area contributed by atoms with Gasteiger partial charge in [0, 0.05) is 0 Å². The molecule has 3 aromatic rings. The number of benzene rings is 3. The standard InChI is InChI=1S/C24H20N2O4Se/c27-23(19-13-7-8-14-20(19)26(29)30)21-15-22(31-18-11-5-2-6-12-18)24(28)25(21)16-17-9-3-1-4-10-17/h1-15,21,23,27H,16H2/t21-,23-/m1/s1. The third-order valence-electron chi connectivity index (χ3n) is 5.10. The summed E-state index contributed by atoms with van der Waals surface area (Å²) in [5.74, 6) is -0.143. The topological polar surface area (TPSA) is 83.7 Å². The molecule has 0 spiro atoms. The van der Waals surface area contributed by atoms with Crippen molar-refractivity contribution in [3.63, 3.8) is 0 Å². The molecule has 7 heteroatoms. The zero-order chi connectivity index (χ0) is 21.8. The summed E-state index contributed by atoms with van der Waals surface area (Å²) in [6.45, 7) is 0.312. The van der Waals surface area contributed by atoms with E-state index in [0.29, 0.717) is 11.0 Å². The monoisotopic (exact) mass is 480 g/mol. The average Bonchev–Trinajstić information content (AvgIpc) is 3.10. The van der Waals surface area contributed by atoms with Crippen molar-refractivity contribution in [2.24, 2.45) is 0 Å². The van der Waals surface area contributed by atoms with Crippen LogP contribution in [0.2, 0.25) is 0 Å². The Kier molecular flexibility index (Phi) is 6.28. The molecule has 0 aliphatic carbocycles. The summed E-state index contributed by atoms with van der Waals surface area (Å²) in [7, 11) is 0. The van der Waals surface area contributed by atoms with E-state index in [1.807, 2.05) is 60.7 Å². The molecule has 0 saturated carbocycles. The Bertz CT molecular complexity index is 1120. The molecule has 0 saturated heterocycles. The first kappa shape index (κ1) is 21.0. The second kappa shape index (κ2) is 9.27. The summed E-state index contributed by atoms with van der Waals surface area (Å²) in [5, 5.41) is 22.6. The summed E-state index contributed by atoms with van der Waals surface area (Å²) < 4.78 is 1.69. The minimum absolute atomic E-state index is 0.143. The van der Waals surface area contributed by atoms with Crippen molar-refractivity contribution in [2.75, 3.05) is 0 Å². The fraction of sp³-hybridized carbons (Fsp3) is 0.125. The molecule has 31 heavy (non-hydrogen) atoms. The quantitative estimate of drug-likeness (QED) is 0.321. The summed E-state index contributed by atoms with van der Waals surface area (Å²) in [4.78, 5) is 25.9. The van der Waals surface area contributed by atoms with Crippen LogP contribution in [0.3, 0.4) is 0 Å². The molecule has 6 nitrogen and oxygen atoms in total. The van der Waals surface area contributed by atoms with Crippen molar-refractivity contribution in [1.29, 1.82) is 0 Å². The number of nitro benzene ring substituents is 1. The maximum absolute atomic E-state index is 13.3. The number of aliphatic hydroxyl groups excluding tert-OH is 1. The van der Waals surface area contributed by atoms with E-state index >= 15 is 0 Å². The molecule has 0 radical (unpaired) electrons. The van der Waals surface area contributed by atoms with Gasteiger partial charge in [-0.25, -0.2) is 0 Å². The third-order valence-corrected chi connectivity index (χ3v) is 7.27. The predicted molar refractivity (Wildman–Crippen MR) is 119 cm³/mol. The molecule has 1 aliphatic heterocycles. The molecule has 0 bridgehead atoms. The molecule has 3 aromatic carbocycles.